The topological polar surface area (TPSA) is 41.1 Å². The van der Waals surface area contributed by atoms with Gasteiger partial charge in [-0.15, -0.1) is 11.3 Å². The van der Waals surface area contributed by atoms with Crippen molar-refractivity contribution in [2.75, 3.05) is 10.6 Å². The molecule has 18 heavy (non-hydrogen) atoms. The molecule has 1 atom stereocenters. The van der Waals surface area contributed by atoms with Gasteiger partial charge in [-0.2, -0.15) is 0 Å². The highest BCUT2D eigenvalue weighted by molar-refractivity contribution is 7.10. The second kappa shape index (κ2) is 4.46. The Balaban J connectivity index is 2.01. The van der Waals surface area contributed by atoms with Crippen LogP contribution in [0.15, 0.2) is 29.6 Å². The fourth-order valence-electron chi connectivity index (χ4n) is 1.85. The Morgan fingerprint density at radius 3 is 2.56 bits per heavy atom. The minimum atomic E-state index is -0.380. The number of amides is 1. The third kappa shape index (κ3) is 1.96. The summed E-state index contributed by atoms with van der Waals surface area (Å²) in [6.45, 7) is 0. The molecule has 92 valence electrons. The van der Waals surface area contributed by atoms with Gasteiger partial charge in [0.05, 0.1) is 21.4 Å². The Morgan fingerprint density at radius 1 is 1.17 bits per heavy atom. The molecule has 1 unspecified atom stereocenters. The zero-order valence-electron chi connectivity index (χ0n) is 9.04. The number of thiophene rings is 1. The lowest BCUT2D eigenvalue weighted by Crippen LogP contribution is -2.31. The molecule has 0 saturated heterocycles. The van der Waals surface area contributed by atoms with Crippen molar-refractivity contribution < 1.29 is 4.79 Å². The fraction of sp³-hybridized carbons (Fsp3) is 0.0833. The van der Waals surface area contributed by atoms with E-state index in [1.54, 1.807) is 12.1 Å². The zero-order valence-corrected chi connectivity index (χ0v) is 11.4. The summed E-state index contributed by atoms with van der Waals surface area (Å²) in [5, 5.41) is 8.83. The van der Waals surface area contributed by atoms with Crippen molar-refractivity contribution in [3.05, 3.63) is 44.6 Å². The van der Waals surface area contributed by atoms with Crippen molar-refractivity contribution in [1.82, 2.24) is 0 Å². The summed E-state index contributed by atoms with van der Waals surface area (Å²) in [4.78, 5) is 13.0. The van der Waals surface area contributed by atoms with Crippen molar-refractivity contribution >= 4 is 51.8 Å². The van der Waals surface area contributed by atoms with Crippen LogP contribution in [0.3, 0.4) is 0 Å². The second-order valence-electron chi connectivity index (χ2n) is 3.89. The largest absolute Gasteiger partial charge is 0.368 e. The Bertz CT molecular complexity index is 613. The van der Waals surface area contributed by atoms with Gasteiger partial charge >= 0.3 is 0 Å². The minimum Gasteiger partial charge on any atom is -0.368 e. The van der Waals surface area contributed by atoms with E-state index in [1.807, 2.05) is 17.5 Å². The van der Waals surface area contributed by atoms with Crippen LogP contribution >= 0.6 is 34.5 Å². The van der Waals surface area contributed by atoms with Crippen LogP contribution in [0, 0.1) is 0 Å². The SMILES string of the molecule is O=C1Nc2cc(Cl)c(Cl)cc2NC1c1cccs1. The summed E-state index contributed by atoms with van der Waals surface area (Å²) < 4.78 is 0. The van der Waals surface area contributed by atoms with Crippen LogP contribution in [0.5, 0.6) is 0 Å². The number of hydrogen-bond acceptors (Lipinski definition) is 3. The van der Waals surface area contributed by atoms with E-state index in [0.29, 0.717) is 15.7 Å². The van der Waals surface area contributed by atoms with Crippen molar-refractivity contribution in [1.29, 1.82) is 0 Å². The van der Waals surface area contributed by atoms with E-state index < -0.39 is 0 Å². The molecule has 2 heterocycles. The Morgan fingerprint density at radius 2 is 1.89 bits per heavy atom. The lowest BCUT2D eigenvalue weighted by molar-refractivity contribution is -0.117. The molecule has 1 amide bonds. The van der Waals surface area contributed by atoms with Gasteiger partial charge in [-0.25, -0.2) is 0 Å². The molecule has 1 aliphatic rings. The molecular formula is C12H8Cl2N2OS. The number of carbonyl (C=O) groups excluding carboxylic acids is 1. The molecule has 1 aliphatic heterocycles. The molecule has 0 radical (unpaired) electrons. The Kier molecular flexibility index (Phi) is 2.93. The number of rotatable bonds is 1. The average Bonchev–Trinajstić information content (AvgIpc) is 2.84. The molecule has 2 aromatic rings. The molecule has 1 aromatic heterocycles. The number of halogens is 2. The summed E-state index contributed by atoms with van der Waals surface area (Å²) in [5.74, 6) is -0.0941. The smallest absolute Gasteiger partial charge is 0.252 e. The molecule has 6 heteroatoms. The van der Waals surface area contributed by atoms with Gasteiger partial charge in [0.1, 0.15) is 6.04 Å². The van der Waals surface area contributed by atoms with Crippen molar-refractivity contribution in [3.8, 4) is 0 Å². The number of fused-ring (bicyclic) bond motifs is 1. The molecule has 0 bridgehead atoms. The van der Waals surface area contributed by atoms with E-state index in [1.165, 1.54) is 11.3 Å². The van der Waals surface area contributed by atoms with Crippen molar-refractivity contribution in [2.45, 2.75) is 6.04 Å². The predicted octanol–water partition coefficient (Wildman–Crippen LogP) is 4.16. The maximum Gasteiger partial charge on any atom is 0.252 e. The molecule has 0 fully saturated rings. The fourth-order valence-corrected chi connectivity index (χ4v) is 2.95. The number of anilines is 2. The second-order valence-corrected chi connectivity index (χ2v) is 5.69. The predicted molar refractivity (Wildman–Crippen MR) is 75.8 cm³/mol. The van der Waals surface area contributed by atoms with E-state index in [0.717, 1.165) is 10.6 Å². The summed E-state index contributed by atoms with van der Waals surface area (Å²) in [6, 6.07) is 6.83. The van der Waals surface area contributed by atoms with E-state index in [4.69, 9.17) is 23.2 Å². The zero-order chi connectivity index (χ0) is 12.7. The standard InChI is InChI=1S/C12H8Cl2N2OS/c13-6-4-8-9(5-7(6)14)16-12(17)11(15-8)10-2-1-3-18-10/h1-5,11,15H,(H,16,17). The van der Waals surface area contributed by atoms with E-state index in [-0.39, 0.29) is 11.9 Å². The number of carbonyl (C=O) groups is 1. The molecule has 2 N–H and O–H groups in total. The first kappa shape index (κ1) is 11.8. The van der Waals surface area contributed by atoms with Crippen LogP contribution in [0.1, 0.15) is 10.9 Å². The highest BCUT2D eigenvalue weighted by Gasteiger charge is 2.28. The van der Waals surface area contributed by atoms with Gasteiger partial charge in [-0.3, -0.25) is 4.79 Å². The molecule has 0 saturated carbocycles. The maximum absolute atomic E-state index is 12.0. The first-order valence-electron chi connectivity index (χ1n) is 5.25. The number of nitrogens with one attached hydrogen (secondary N) is 2. The van der Waals surface area contributed by atoms with Crippen molar-refractivity contribution in [3.63, 3.8) is 0 Å². The summed E-state index contributed by atoms with van der Waals surface area (Å²) in [5.41, 5.74) is 1.43. The lowest BCUT2D eigenvalue weighted by atomic mass is 10.1. The number of hydrogen-bond donors (Lipinski definition) is 2. The highest BCUT2D eigenvalue weighted by atomic mass is 35.5. The first-order valence-corrected chi connectivity index (χ1v) is 6.88. The van der Waals surface area contributed by atoms with Crippen LogP contribution in [0.4, 0.5) is 11.4 Å². The van der Waals surface area contributed by atoms with Gasteiger partial charge in [0, 0.05) is 4.88 Å². The molecule has 3 rings (SSSR count). The van der Waals surface area contributed by atoms with Gasteiger partial charge < -0.3 is 10.6 Å². The molecule has 0 spiro atoms. The van der Waals surface area contributed by atoms with Crippen LogP contribution in [0.2, 0.25) is 10.0 Å². The Labute approximate surface area is 118 Å². The van der Waals surface area contributed by atoms with Crippen molar-refractivity contribution in [2.24, 2.45) is 0 Å². The Hall–Kier alpha value is -1.23. The van der Waals surface area contributed by atoms with E-state index in [2.05, 4.69) is 10.6 Å². The minimum absolute atomic E-state index is 0.0941. The quantitative estimate of drug-likeness (QED) is 0.830. The maximum atomic E-state index is 12.0. The van der Waals surface area contributed by atoms with Crippen LogP contribution in [-0.2, 0) is 4.79 Å². The van der Waals surface area contributed by atoms with E-state index in [9.17, 15) is 4.79 Å². The molecule has 3 nitrogen and oxygen atoms in total. The van der Waals surface area contributed by atoms with Gasteiger partial charge in [0.25, 0.3) is 5.91 Å². The molecule has 0 aliphatic carbocycles. The first-order chi connectivity index (χ1) is 8.65. The number of benzene rings is 1. The molecule has 1 aromatic carbocycles. The lowest BCUT2D eigenvalue weighted by Gasteiger charge is -2.26. The van der Waals surface area contributed by atoms with Crippen LogP contribution < -0.4 is 10.6 Å². The third-order valence-electron chi connectivity index (χ3n) is 2.71. The highest BCUT2D eigenvalue weighted by Crippen LogP contribution is 2.38. The summed E-state index contributed by atoms with van der Waals surface area (Å²) >= 11 is 13.4. The van der Waals surface area contributed by atoms with Gasteiger partial charge in [-0.1, -0.05) is 29.3 Å². The summed E-state index contributed by atoms with van der Waals surface area (Å²) in [6.07, 6.45) is 0. The molecular weight excluding hydrogens is 291 g/mol. The van der Waals surface area contributed by atoms with Gasteiger partial charge in [0.2, 0.25) is 0 Å². The monoisotopic (exact) mass is 298 g/mol. The average molecular weight is 299 g/mol. The third-order valence-corrected chi connectivity index (χ3v) is 4.37. The normalized spacial score (nSPS) is 17.9. The van der Waals surface area contributed by atoms with E-state index >= 15 is 0 Å². The van der Waals surface area contributed by atoms with Crippen LogP contribution in [-0.4, -0.2) is 5.91 Å². The summed E-state index contributed by atoms with van der Waals surface area (Å²) in [7, 11) is 0. The van der Waals surface area contributed by atoms with Crippen LogP contribution in [0.25, 0.3) is 0 Å². The van der Waals surface area contributed by atoms with Gasteiger partial charge in [0.15, 0.2) is 0 Å². The van der Waals surface area contributed by atoms with Gasteiger partial charge in [-0.05, 0) is 23.6 Å².